The van der Waals surface area contributed by atoms with Crippen molar-refractivity contribution in [2.75, 3.05) is 28.2 Å². The van der Waals surface area contributed by atoms with Gasteiger partial charge in [0.25, 0.3) is 0 Å². The number of nitrogens with one attached hydrogen (secondary N) is 2. The van der Waals surface area contributed by atoms with Gasteiger partial charge in [0.05, 0.1) is 28.2 Å². The first-order valence-corrected chi connectivity index (χ1v) is 8.70. The van der Waals surface area contributed by atoms with Crippen LogP contribution in [0.3, 0.4) is 0 Å². The number of hydrogen-bond donors (Lipinski definition) is 4. The average Bonchev–Trinajstić information content (AvgIpc) is 2.56. The van der Waals surface area contributed by atoms with Crippen LogP contribution in [0.5, 0.6) is 11.5 Å². The first kappa shape index (κ1) is 26.0. The predicted molar refractivity (Wildman–Crippen MR) is 103 cm³/mol. The molecule has 28 heavy (non-hydrogen) atoms. The Labute approximate surface area is 179 Å². The van der Waals surface area contributed by atoms with Crippen molar-refractivity contribution in [2.24, 2.45) is 0 Å². The summed E-state index contributed by atoms with van der Waals surface area (Å²) >= 11 is 0. The second-order valence-corrected chi connectivity index (χ2v) is 7.20. The van der Waals surface area contributed by atoms with E-state index in [1.807, 2.05) is 28.2 Å². The first-order chi connectivity index (χ1) is 12.3. The normalized spacial score (nSPS) is 10.8. The molecule has 0 saturated carbocycles. The Kier molecular flexibility index (Phi) is 10.9. The number of benzene rings is 2. The maximum atomic E-state index is 12.6. The minimum absolute atomic E-state index is 0. The van der Waals surface area contributed by atoms with Gasteiger partial charge >= 0.3 is 0 Å². The molecule has 0 atom stereocenters. The quantitative estimate of drug-likeness (QED) is 0.263. The van der Waals surface area contributed by atoms with Gasteiger partial charge < -0.3 is 44.8 Å². The van der Waals surface area contributed by atoms with Crippen molar-refractivity contribution in [2.45, 2.75) is 13.1 Å². The van der Waals surface area contributed by atoms with Crippen molar-refractivity contribution in [3.05, 3.63) is 64.7 Å². The number of hydrogen-bond acceptors (Lipinski definition) is 3. The Morgan fingerprint density at radius 2 is 1.36 bits per heavy atom. The van der Waals surface area contributed by atoms with Crippen molar-refractivity contribution in [1.29, 1.82) is 0 Å². The number of rotatable bonds is 7. The highest BCUT2D eigenvalue weighted by Crippen LogP contribution is 2.24. The zero-order chi connectivity index (χ0) is 19.3. The smallest absolute Gasteiger partial charge is 0.185 e. The van der Waals surface area contributed by atoms with E-state index in [9.17, 15) is 15.0 Å². The maximum absolute atomic E-state index is 12.6. The highest BCUT2D eigenvalue weighted by Gasteiger charge is 2.16. The molecule has 0 bridgehead atoms. The molecule has 0 aliphatic heterocycles. The summed E-state index contributed by atoms with van der Waals surface area (Å²) in [6.45, 7) is 1.29. The van der Waals surface area contributed by atoms with Gasteiger partial charge in [-0.25, -0.2) is 0 Å². The summed E-state index contributed by atoms with van der Waals surface area (Å²) < 4.78 is 0. The molecule has 0 aliphatic carbocycles. The molecule has 0 aliphatic rings. The van der Waals surface area contributed by atoms with Crippen LogP contribution in [0.25, 0.3) is 6.08 Å². The van der Waals surface area contributed by atoms with E-state index in [1.165, 1.54) is 15.9 Å². The third kappa shape index (κ3) is 7.52. The van der Waals surface area contributed by atoms with E-state index in [1.54, 1.807) is 42.5 Å². The topological polar surface area (TPSA) is 66.4 Å². The van der Waals surface area contributed by atoms with E-state index in [-0.39, 0.29) is 42.1 Å². The van der Waals surface area contributed by atoms with Gasteiger partial charge in [0.1, 0.15) is 24.6 Å². The van der Waals surface area contributed by atoms with Gasteiger partial charge in [-0.15, -0.1) is 0 Å². The number of quaternary nitrogens is 2. The predicted octanol–water partition coefficient (Wildman–Crippen LogP) is -5.71. The number of phenolic OH excluding ortho intramolecular Hbond substituents is 2. The fourth-order valence-corrected chi connectivity index (χ4v) is 2.79. The Bertz CT molecular complexity index is 773. The average molecular weight is 427 g/mol. The lowest BCUT2D eigenvalue weighted by molar-refractivity contribution is -0.873. The molecule has 154 valence electrons. The molecule has 0 spiro atoms. The van der Waals surface area contributed by atoms with Crippen LogP contribution in [-0.4, -0.2) is 44.2 Å². The number of phenols is 2. The van der Waals surface area contributed by atoms with Gasteiger partial charge in [0.2, 0.25) is 0 Å². The van der Waals surface area contributed by atoms with E-state index in [4.69, 9.17) is 0 Å². The molecule has 4 N–H and O–H groups in total. The molecular weight excluding hydrogens is 399 g/mol. The molecule has 5 nitrogen and oxygen atoms in total. The van der Waals surface area contributed by atoms with E-state index < -0.39 is 0 Å². The van der Waals surface area contributed by atoms with Crippen LogP contribution in [-0.2, 0) is 13.1 Å². The number of carbonyl (C=O) groups is 1. The molecular formula is C21H28Cl2N2O3. The number of carbonyl (C=O) groups excluding carboxylic acids is 1. The monoisotopic (exact) mass is 426 g/mol. The van der Waals surface area contributed by atoms with Gasteiger partial charge in [-0.2, -0.15) is 0 Å². The minimum Gasteiger partial charge on any atom is -1.00 e. The van der Waals surface area contributed by atoms with Gasteiger partial charge in [-0.05, 0) is 35.9 Å². The zero-order valence-electron chi connectivity index (χ0n) is 16.6. The first-order valence-electron chi connectivity index (χ1n) is 8.70. The summed E-state index contributed by atoms with van der Waals surface area (Å²) in [5.41, 5.74) is 2.98. The fraction of sp³-hybridized carbons (Fsp3) is 0.286. The van der Waals surface area contributed by atoms with Crippen molar-refractivity contribution < 1.29 is 49.6 Å². The Balaban J connectivity index is 0.00000364. The molecule has 7 heteroatoms. The molecule has 2 rings (SSSR count). The Morgan fingerprint density at radius 3 is 1.79 bits per heavy atom. The van der Waals surface area contributed by atoms with Crippen molar-refractivity contribution in [1.82, 2.24) is 0 Å². The molecule has 0 saturated heterocycles. The SMILES string of the molecule is C[NH+](C)Cc1cc(C(=O)/C=C/c2ccc(O)cc2)cc(C[NH+](C)C)c1O.[Cl-].[Cl-]. The van der Waals surface area contributed by atoms with E-state index in [0.29, 0.717) is 18.7 Å². The summed E-state index contributed by atoms with van der Waals surface area (Å²) in [6.07, 6.45) is 3.25. The van der Waals surface area contributed by atoms with Crippen LogP contribution < -0.4 is 34.6 Å². The summed E-state index contributed by atoms with van der Waals surface area (Å²) in [5, 5.41) is 19.9. The standard InChI is InChI=1S/C21H26N2O3.2ClH/c1-22(2)13-17-11-16(12-18(21(17)26)14-23(3)4)20(25)10-7-15-5-8-19(24)9-6-15;;/h5-12,24,26H,13-14H2,1-4H3;2*1H/b10-7+;;. The van der Waals surface area contributed by atoms with Crippen molar-refractivity contribution in [3.8, 4) is 11.5 Å². The van der Waals surface area contributed by atoms with E-state index >= 15 is 0 Å². The van der Waals surface area contributed by atoms with Crippen molar-refractivity contribution >= 4 is 11.9 Å². The molecule has 2 aromatic rings. The van der Waals surface area contributed by atoms with Gasteiger partial charge in [0, 0.05) is 16.7 Å². The highest BCUT2D eigenvalue weighted by molar-refractivity contribution is 6.07. The van der Waals surface area contributed by atoms with Gasteiger partial charge in [0.15, 0.2) is 5.78 Å². The summed E-state index contributed by atoms with van der Waals surface area (Å²) in [7, 11) is 8.04. The lowest BCUT2D eigenvalue weighted by atomic mass is 10.00. The molecule has 0 fully saturated rings. The maximum Gasteiger partial charge on any atom is 0.185 e. The molecule has 0 amide bonds. The second-order valence-electron chi connectivity index (χ2n) is 7.20. The summed E-state index contributed by atoms with van der Waals surface area (Å²) in [4.78, 5) is 15.0. The number of aromatic hydroxyl groups is 2. The molecule has 0 heterocycles. The molecule has 0 aromatic heterocycles. The summed E-state index contributed by atoms with van der Waals surface area (Å²) in [5.74, 6) is 0.369. The van der Waals surface area contributed by atoms with Crippen LogP contribution in [0.15, 0.2) is 42.5 Å². The Morgan fingerprint density at radius 1 is 0.893 bits per heavy atom. The van der Waals surface area contributed by atoms with Gasteiger partial charge in [-0.3, -0.25) is 4.79 Å². The van der Waals surface area contributed by atoms with Crippen molar-refractivity contribution in [3.63, 3.8) is 0 Å². The Hall–Kier alpha value is -2.05. The van der Waals surface area contributed by atoms with Crippen LogP contribution in [0.1, 0.15) is 27.0 Å². The van der Waals surface area contributed by atoms with Crippen LogP contribution in [0, 0.1) is 0 Å². The molecule has 0 unspecified atom stereocenters. The van der Waals surface area contributed by atoms with Gasteiger partial charge in [-0.1, -0.05) is 18.2 Å². The van der Waals surface area contributed by atoms with E-state index in [2.05, 4.69) is 0 Å². The molecule has 2 aromatic carbocycles. The number of halogens is 2. The number of allylic oxidation sites excluding steroid dienone is 1. The molecule has 0 radical (unpaired) electrons. The van der Waals surface area contributed by atoms with Crippen LogP contribution in [0.2, 0.25) is 0 Å². The minimum atomic E-state index is -0.108. The number of ketones is 1. The van der Waals surface area contributed by atoms with E-state index in [0.717, 1.165) is 16.7 Å². The van der Waals surface area contributed by atoms with Crippen LogP contribution in [0.4, 0.5) is 0 Å². The third-order valence-electron chi connectivity index (χ3n) is 3.96. The lowest BCUT2D eigenvalue weighted by Crippen LogP contribution is -3.04. The van der Waals surface area contributed by atoms with Crippen LogP contribution >= 0.6 is 0 Å². The zero-order valence-corrected chi connectivity index (χ0v) is 18.1. The second kappa shape index (κ2) is 11.7. The fourth-order valence-electron chi connectivity index (χ4n) is 2.79. The summed E-state index contributed by atoms with van der Waals surface area (Å²) in [6, 6.07) is 10.2. The largest absolute Gasteiger partial charge is 1.00 e. The highest BCUT2D eigenvalue weighted by atomic mass is 35.5. The third-order valence-corrected chi connectivity index (χ3v) is 3.96. The lowest BCUT2D eigenvalue weighted by Gasteiger charge is -2.15.